The first-order chi connectivity index (χ1) is 6.93. The second-order valence-electron chi connectivity index (χ2n) is 4.67. The molecule has 1 rings (SSSR count). The van der Waals surface area contributed by atoms with Gasteiger partial charge in [-0.1, -0.05) is 45.4 Å². The molecule has 0 atom stereocenters. The van der Waals surface area contributed by atoms with Gasteiger partial charge in [-0.25, -0.2) is 0 Å². The number of hydrogen-bond donors (Lipinski definition) is 0. The van der Waals surface area contributed by atoms with Gasteiger partial charge in [-0.15, -0.1) is 7.92 Å². The van der Waals surface area contributed by atoms with Crippen LogP contribution in [0.3, 0.4) is 0 Å². The number of hydrogen-bond acceptors (Lipinski definition) is 0. The third-order valence-corrected chi connectivity index (χ3v) is 6.12. The van der Waals surface area contributed by atoms with E-state index in [1.54, 1.807) is 31.3 Å². The van der Waals surface area contributed by atoms with Crippen LogP contribution in [0.2, 0.25) is 0 Å². The molecule has 1 fully saturated rings. The molecule has 0 amide bonds. The molecule has 1 heteroatoms. The van der Waals surface area contributed by atoms with E-state index in [0.717, 1.165) is 0 Å². The third-order valence-electron chi connectivity index (χ3n) is 3.28. The lowest BCUT2D eigenvalue weighted by molar-refractivity contribution is 0.625. The minimum atomic E-state index is 0.504. The summed E-state index contributed by atoms with van der Waals surface area (Å²) in [6.45, 7) is 2.30. The van der Waals surface area contributed by atoms with Gasteiger partial charge in [0.15, 0.2) is 0 Å². The van der Waals surface area contributed by atoms with Crippen molar-refractivity contribution in [1.82, 2.24) is 0 Å². The highest BCUT2D eigenvalue weighted by molar-refractivity contribution is 7.57. The molecule has 0 nitrogen and oxygen atoms in total. The topological polar surface area (TPSA) is 0 Å². The zero-order valence-electron chi connectivity index (χ0n) is 9.93. The van der Waals surface area contributed by atoms with Crippen molar-refractivity contribution >= 4 is 7.92 Å². The van der Waals surface area contributed by atoms with Crippen LogP contribution in [0.4, 0.5) is 0 Å². The molecule has 1 heterocycles. The van der Waals surface area contributed by atoms with Gasteiger partial charge in [-0.2, -0.15) is 0 Å². The summed E-state index contributed by atoms with van der Waals surface area (Å²) in [5.41, 5.74) is 0. The fourth-order valence-corrected chi connectivity index (χ4v) is 4.98. The van der Waals surface area contributed by atoms with Crippen molar-refractivity contribution in [2.24, 2.45) is 0 Å². The first-order valence-electron chi connectivity index (χ1n) is 6.66. The van der Waals surface area contributed by atoms with Crippen molar-refractivity contribution in [3.05, 3.63) is 0 Å². The van der Waals surface area contributed by atoms with Crippen molar-refractivity contribution in [2.45, 2.75) is 64.7 Å². The largest absolute Gasteiger partial charge is 0.107 e. The van der Waals surface area contributed by atoms with Crippen LogP contribution in [0.25, 0.3) is 0 Å². The van der Waals surface area contributed by atoms with Gasteiger partial charge in [0.25, 0.3) is 0 Å². The summed E-state index contributed by atoms with van der Waals surface area (Å²) in [5, 5.41) is 0. The van der Waals surface area contributed by atoms with Crippen molar-refractivity contribution < 1.29 is 0 Å². The normalized spacial score (nSPS) is 18.6. The molecule has 0 bridgehead atoms. The average molecular weight is 214 g/mol. The molecule has 0 spiro atoms. The van der Waals surface area contributed by atoms with E-state index in [2.05, 4.69) is 6.92 Å². The van der Waals surface area contributed by atoms with Crippen molar-refractivity contribution in [1.29, 1.82) is 0 Å². The molecule has 84 valence electrons. The molecule has 1 saturated heterocycles. The Hall–Kier alpha value is 0.430. The Labute approximate surface area is 91.6 Å². The van der Waals surface area contributed by atoms with Crippen molar-refractivity contribution in [3.63, 3.8) is 0 Å². The SMILES string of the molecule is CCCCCCCCP1CCCCC1. The smallest absolute Gasteiger partial charge is 0.0326 e. The van der Waals surface area contributed by atoms with Gasteiger partial charge in [0.05, 0.1) is 0 Å². The predicted molar refractivity (Wildman–Crippen MR) is 68.7 cm³/mol. The highest BCUT2D eigenvalue weighted by atomic mass is 31.1. The Morgan fingerprint density at radius 1 is 0.786 bits per heavy atom. The standard InChI is InChI=1S/C13H27P/c1-2-3-4-5-6-8-11-14-12-9-7-10-13-14/h2-13H2,1H3. The van der Waals surface area contributed by atoms with Crippen LogP contribution in [0.15, 0.2) is 0 Å². The first-order valence-corrected chi connectivity index (χ1v) is 8.55. The van der Waals surface area contributed by atoms with Gasteiger partial charge in [-0.05, 0) is 37.7 Å². The molecule has 0 aromatic carbocycles. The zero-order chi connectivity index (χ0) is 10.1. The summed E-state index contributed by atoms with van der Waals surface area (Å²) in [6, 6.07) is 0. The fourth-order valence-electron chi connectivity index (χ4n) is 2.30. The van der Waals surface area contributed by atoms with Gasteiger partial charge in [0, 0.05) is 0 Å². The van der Waals surface area contributed by atoms with Crippen molar-refractivity contribution in [2.75, 3.05) is 18.5 Å². The molecule has 0 unspecified atom stereocenters. The first kappa shape index (κ1) is 12.5. The minimum Gasteiger partial charge on any atom is -0.107 e. The summed E-state index contributed by atoms with van der Waals surface area (Å²) >= 11 is 0. The van der Waals surface area contributed by atoms with Gasteiger partial charge in [0.2, 0.25) is 0 Å². The molecule has 1 aliphatic heterocycles. The second kappa shape index (κ2) is 8.72. The molecule has 0 N–H and O–H groups in total. The number of rotatable bonds is 7. The highest BCUT2D eigenvalue weighted by Gasteiger charge is 2.11. The van der Waals surface area contributed by atoms with E-state index in [0.29, 0.717) is 7.92 Å². The molecule has 0 aliphatic carbocycles. The van der Waals surface area contributed by atoms with Gasteiger partial charge in [0.1, 0.15) is 0 Å². The van der Waals surface area contributed by atoms with Crippen LogP contribution in [0.5, 0.6) is 0 Å². The average Bonchev–Trinajstić information content (AvgIpc) is 2.25. The summed E-state index contributed by atoms with van der Waals surface area (Å²) < 4.78 is 0. The van der Waals surface area contributed by atoms with Crippen LogP contribution < -0.4 is 0 Å². The molecule has 0 saturated carbocycles. The quantitative estimate of drug-likeness (QED) is 0.412. The summed E-state index contributed by atoms with van der Waals surface area (Å²) in [6.07, 6.45) is 18.3. The van der Waals surface area contributed by atoms with Crippen LogP contribution in [-0.4, -0.2) is 18.5 Å². The maximum Gasteiger partial charge on any atom is -0.0326 e. The Bertz CT molecular complexity index is 116. The number of unbranched alkanes of at least 4 members (excludes halogenated alkanes) is 5. The van der Waals surface area contributed by atoms with E-state index in [-0.39, 0.29) is 0 Å². The van der Waals surface area contributed by atoms with E-state index in [1.165, 1.54) is 44.9 Å². The Kier molecular flexibility index (Phi) is 7.78. The molecule has 1 aliphatic rings. The van der Waals surface area contributed by atoms with E-state index in [9.17, 15) is 0 Å². The van der Waals surface area contributed by atoms with Crippen molar-refractivity contribution in [3.8, 4) is 0 Å². The molecular weight excluding hydrogens is 187 g/mol. The lowest BCUT2D eigenvalue weighted by Gasteiger charge is -2.22. The molecule has 0 radical (unpaired) electrons. The van der Waals surface area contributed by atoms with Crippen LogP contribution in [0.1, 0.15) is 64.7 Å². The summed E-state index contributed by atoms with van der Waals surface area (Å²) in [7, 11) is 0.504. The van der Waals surface area contributed by atoms with E-state index >= 15 is 0 Å². The van der Waals surface area contributed by atoms with E-state index < -0.39 is 0 Å². The monoisotopic (exact) mass is 214 g/mol. The predicted octanol–water partition coefficient (Wildman–Crippen LogP) is 5.01. The van der Waals surface area contributed by atoms with Crippen LogP contribution >= 0.6 is 7.92 Å². The van der Waals surface area contributed by atoms with Gasteiger partial charge in [-0.3, -0.25) is 0 Å². The molecular formula is C13H27P. The second-order valence-corrected chi connectivity index (χ2v) is 7.35. The van der Waals surface area contributed by atoms with E-state index in [4.69, 9.17) is 0 Å². The molecule has 0 aromatic heterocycles. The Balaban J connectivity index is 1.82. The zero-order valence-corrected chi connectivity index (χ0v) is 10.8. The van der Waals surface area contributed by atoms with Crippen LogP contribution in [0, 0.1) is 0 Å². The molecule has 14 heavy (non-hydrogen) atoms. The van der Waals surface area contributed by atoms with Crippen LogP contribution in [-0.2, 0) is 0 Å². The Morgan fingerprint density at radius 2 is 1.43 bits per heavy atom. The maximum absolute atomic E-state index is 2.30. The van der Waals surface area contributed by atoms with E-state index in [1.807, 2.05) is 0 Å². The minimum absolute atomic E-state index is 0.504. The Morgan fingerprint density at radius 3 is 2.14 bits per heavy atom. The van der Waals surface area contributed by atoms with Gasteiger partial charge >= 0.3 is 0 Å². The summed E-state index contributed by atoms with van der Waals surface area (Å²) in [5.74, 6) is 0. The lowest BCUT2D eigenvalue weighted by atomic mass is 10.1. The lowest BCUT2D eigenvalue weighted by Crippen LogP contribution is -2.01. The highest BCUT2D eigenvalue weighted by Crippen LogP contribution is 2.42. The fraction of sp³-hybridized carbons (Fsp3) is 1.00. The maximum atomic E-state index is 2.30. The van der Waals surface area contributed by atoms with Gasteiger partial charge < -0.3 is 0 Å². The summed E-state index contributed by atoms with van der Waals surface area (Å²) in [4.78, 5) is 0. The molecule has 0 aromatic rings. The third kappa shape index (κ3) is 6.02.